The van der Waals surface area contributed by atoms with E-state index in [9.17, 15) is 15.0 Å². The number of rotatable bonds is 8. The highest BCUT2D eigenvalue weighted by Gasteiger charge is 2.24. The van der Waals surface area contributed by atoms with E-state index >= 15 is 0 Å². The van der Waals surface area contributed by atoms with Gasteiger partial charge in [-0.2, -0.15) is 0 Å². The molecule has 3 aromatic rings. The van der Waals surface area contributed by atoms with Crippen molar-refractivity contribution in [2.75, 3.05) is 7.11 Å². The first-order valence-electron chi connectivity index (χ1n) is 9.53. The molecule has 0 aliphatic carbocycles. The Balaban J connectivity index is 2.39. The summed E-state index contributed by atoms with van der Waals surface area (Å²) in [4.78, 5) is 11.9. The Morgan fingerprint density at radius 2 is 1.78 bits per heavy atom. The maximum absolute atomic E-state index is 11.9. The number of methoxy groups -OCH3 is 1. The highest BCUT2D eigenvalue weighted by atomic mass is 16.5. The molecule has 0 saturated heterocycles. The van der Waals surface area contributed by atoms with Crippen molar-refractivity contribution in [3.05, 3.63) is 34.9 Å². The minimum Gasteiger partial charge on any atom is -0.507 e. The summed E-state index contributed by atoms with van der Waals surface area (Å²) in [7, 11) is 1.62. The van der Waals surface area contributed by atoms with Gasteiger partial charge in [0.1, 0.15) is 28.2 Å². The lowest BCUT2D eigenvalue weighted by Gasteiger charge is -2.11. The molecule has 2 N–H and O–H groups in total. The molecule has 5 nitrogen and oxygen atoms in total. The number of hydrogen-bond acceptors (Lipinski definition) is 4. The van der Waals surface area contributed by atoms with Gasteiger partial charge in [-0.05, 0) is 36.5 Å². The van der Waals surface area contributed by atoms with Crippen LogP contribution < -0.4 is 4.74 Å². The van der Waals surface area contributed by atoms with Gasteiger partial charge in [0.2, 0.25) is 0 Å². The molecule has 0 fully saturated rings. The minimum atomic E-state index is -1.11. The number of phenols is 1. The molecule has 0 aliphatic heterocycles. The standard InChI is InChI=1S/C22H26O5/c1-4-6-7-9-15-20(22(24)25)16(23)12-18-21(15)19-13(8-5-2)10-14(26-3)11-17(19)27-18/h10-12,23H,4-9H2,1-3H3,(H,24,25). The number of carbonyl (C=O) groups is 1. The third-order valence-electron chi connectivity index (χ3n) is 5.00. The molecule has 3 rings (SSSR count). The van der Waals surface area contributed by atoms with Gasteiger partial charge in [-0.3, -0.25) is 0 Å². The predicted octanol–water partition coefficient (Wildman–Crippen LogP) is 5.68. The van der Waals surface area contributed by atoms with Crippen LogP contribution in [-0.4, -0.2) is 23.3 Å². The lowest BCUT2D eigenvalue weighted by molar-refractivity contribution is 0.0692. The highest BCUT2D eigenvalue weighted by Crippen LogP contribution is 2.41. The molecular formula is C22H26O5. The Morgan fingerprint density at radius 3 is 2.41 bits per heavy atom. The van der Waals surface area contributed by atoms with Crippen LogP contribution in [0.15, 0.2) is 22.6 Å². The van der Waals surface area contributed by atoms with Gasteiger partial charge in [0.05, 0.1) is 7.11 Å². The minimum absolute atomic E-state index is 0.0143. The van der Waals surface area contributed by atoms with Gasteiger partial charge in [0.15, 0.2) is 0 Å². The maximum Gasteiger partial charge on any atom is 0.339 e. The van der Waals surface area contributed by atoms with E-state index in [0.717, 1.165) is 48.4 Å². The molecule has 0 aliphatic rings. The van der Waals surface area contributed by atoms with Crippen LogP contribution in [0.3, 0.4) is 0 Å². The van der Waals surface area contributed by atoms with Crippen molar-refractivity contribution in [1.82, 2.24) is 0 Å². The molecule has 0 unspecified atom stereocenters. The fourth-order valence-electron chi connectivity index (χ4n) is 3.80. The monoisotopic (exact) mass is 370 g/mol. The van der Waals surface area contributed by atoms with Crippen molar-refractivity contribution in [2.24, 2.45) is 0 Å². The number of unbranched alkanes of at least 4 members (excludes halogenated alkanes) is 2. The van der Waals surface area contributed by atoms with Gasteiger partial charge in [0.25, 0.3) is 0 Å². The second-order valence-electron chi connectivity index (χ2n) is 6.90. The van der Waals surface area contributed by atoms with Crippen LogP contribution in [0.5, 0.6) is 11.5 Å². The van der Waals surface area contributed by atoms with Gasteiger partial charge in [-0.1, -0.05) is 33.1 Å². The number of ether oxygens (including phenoxy) is 1. The topological polar surface area (TPSA) is 79.9 Å². The summed E-state index contributed by atoms with van der Waals surface area (Å²) in [5.41, 5.74) is 2.90. The molecule has 0 saturated carbocycles. The molecule has 1 aromatic heterocycles. The zero-order valence-corrected chi connectivity index (χ0v) is 16.1. The third kappa shape index (κ3) is 3.46. The van der Waals surface area contributed by atoms with Crippen LogP contribution in [0.4, 0.5) is 0 Å². The third-order valence-corrected chi connectivity index (χ3v) is 5.00. The Bertz CT molecular complexity index is 984. The van der Waals surface area contributed by atoms with Crippen molar-refractivity contribution in [1.29, 1.82) is 0 Å². The van der Waals surface area contributed by atoms with Crippen LogP contribution >= 0.6 is 0 Å². The predicted molar refractivity (Wildman–Crippen MR) is 106 cm³/mol. The number of aromatic hydroxyl groups is 1. The number of furan rings is 1. The number of hydrogen-bond donors (Lipinski definition) is 2. The highest BCUT2D eigenvalue weighted by molar-refractivity contribution is 6.12. The lowest BCUT2D eigenvalue weighted by Crippen LogP contribution is -2.04. The zero-order valence-electron chi connectivity index (χ0n) is 16.1. The molecule has 0 amide bonds. The van der Waals surface area contributed by atoms with Gasteiger partial charge in [0, 0.05) is 22.9 Å². The van der Waals surface area contributed by atoms with Crippen LogP contribution in [0.1, 0.15) is 61.0 Å². The summed E-state index contributed by atoms with van der Waals surface area (Å²) in [6.07, 6.45) is 5.27. The molecule has 0 bridgehead atoms. The van der Waals surface area contributed by atoms with Crippen LogP contribution in [-0.2, 0) is 12.8 Å². The number of aryl methyl sites for hydroxylation is 2. The molecule has 0 spiro atoms. The zero-order chi connectivity index (χ0) is 19.6. The van der Waals surface area contributed by atoms with E-state index in [2.05, 4.69) is 13.8 Å². The normalized spacial score (nSPS) is 11.4. The van der Waals surface area contributed by atoms with E-state index in [0.29, 0.717) is 28.9 Å². The van der Waals surface area contributed by atoms with Gasteiger partial charge in [-0.25, -0.2) is 4.79 Å². The van der Waals surface area contributed by atoms with E-state index < -0.39 is 5.97 Å². The largest absolute Gasteiger partial charge is 0.507 e. The number of fused-ring (bicyclic) bond motifs is 3. The Morgan fingerprint density at radius 1 is 1.04 bits per heavy atom. The summed E-state index contributed by atoms with van der Waals surface area (Å²) in [5, 5.41) is 21.8. The van der Waals surface area contributed by atoms with Crippen LogP contribution in [0.25, 0.3) is 21.9 Å². The Labute approximate surface area is 158 Å². The fraction of sp³-hybridized carbons (Fsp3) is 0.409. The second kappa shape index (κ2) is 7.91. The average Bonchev–Trinajstić information content (AvgIpc) is 2.99. The van der Waals surface area contributed by atoms with E-state index in [-0.39, 0.29) is 11.3 Å². The second-order valence-corrected chi connectivity index (χ2v) is 6.90. The average molecular weight is 370 g/mol. The van der Waals surface area contributed by atoms with E-state index in [1.165, 1.54) is 6.07 Å². The molecule has 144 valence electrons. The summed E-state index contributed by atoms with van der Waals surface area (Å²) in [6, 6.07) is 5.23. The molecule has 0 atom stereocenters. The first kappa shape index (κ1) is 19.1. The fourth-order valence-corrected chi connectivity index (χ4v) is 3.80. The first-order chi connectivity index (χ1) is 13.0. The molecular weight excluding hydrogens is 344 g/mol. The summed E-state index contributed by atoms with van der Waals surface area (Å²) in [6.45, 7) is 4.21. The van der Waals surface area contributed by atoms with Crippen molar-refractivity contribution < 1.29 is 24.2 Å². The summed E-state index contributed by atoms with van der Waals surface area (Å²) in [5.74, 6) is -0.648. The smallest absolute Gasteiger partial charge is 0.339 e. The summed E-state index contributed by atoms with van der Waals surface area (Å²) < 4.78 is 11.4. The molecule has 1 heterocycles. The SMILES string of the molecule is CCCCCc1c(C(=O)O)c(O)cc2oc3cc(OC)cc(CCC)c3c12. The van der Waals surface area contributed by atoms with Crippen molar-refractivity contribution in [2.45, 2.75) is 52.4 Å². The lowest BCUT2D eigenvalue weighted by atomic mass is 9.92. The van der Waals surface area contributed by atoms with Gasteiger partial charge in [-0.15, -0.1) is 0 Å². The van der Waals surface area contributed by atoms with Crippen molar-refractivity contribution in [3.8, 4) is 11.5 Å². The van der Waals surface area contributed by atoms with Gasteiger partial charge < -0.3 is 19.4 Å². The number of benzene rings is 2. The van der Waals surface area contributed by atoms with E-state index in [1.54, 1.807) is 7.11 Å². The molecule has 5 heteroatoms. The van der Waals surface area contributed by atoms with Crippen molar-refractivity contribution in [3.63, 3.8) is 0 Å². The van der Waals surface area contributed by atoms with Crippen LogP contribution in [0, 0.1) is 0 Å². The number of aromatic carboxylic acids is 1. The summed E-state index contributed by atoms with van der Waals surface area (Å²) >= 11 is 0. The quantitative estimate of drug-likeness (QED) is 0.498. The van der Waals surface area contributed by atoms with E-state index in [4.69, 9.17) is 9.15 Å². The van der Waals surface area contributed by atoms with Crippen LogP contribution in [0.2, 0.25) is 0 Å². The van der Waals surface area contributed by atoms with Crippen molar-refractivity contribution >= 4 is 27.9 Å². The number of carboxylic acids is 1. The molecule has 0 radical (unpaired) electrons. The van der Waals surface area contributed by atoms with E-state index in [1.807, 2.05) is 12.1 Å². The number of carboxylic acid groups (broad SMARTS) is 1. The Kier molecular flexibility index (Phi) is 5.59. The molecule has 2 aromatic carbocycles. The molecule has 27 heavy (non-hydrogen) atoms. The Hall–Kier alpha value is -2.69. The van der Waals surface area contributed by atoms with Gasteiger partial charge >= 0.3 is 5.97 Å². The first-order valence-corrected chi connectivity index (χ1v) is 9.53. The maximum atomic E-state index is 11.9.